The lowest BCUT2D eigenvalue weighted by atomic mass is 9.87. The highest BCUT2D eigenvalue weighted by molar-refractivity contribution is 5.67. The second kappa shape index (κ2) is 11.0. The molecule has 172 valence electrons. The van der Waals surface area contributed by atoms with Crippen molar-refractivity contribution in [1.29, 1.82) is 0 Å². The lowest BCUT2D eigenvalue weighted by Crippen LogP contribution is -2.22. The fourth-order valence-electron chi connectivity index (χ4n) is 4.24. The van der Waals surface area contributed by atoms with E-state index in [0.29, 0.717) is 19.6 Å². The maximum Gasteiger partial charge on any atom is 0.329 e. The van der Waals surface area contributed by atoms with Gasteiger partial charge in [-0.15, -0.1) is 0 Å². The molecule has 1 aliphatic heterocycles. The van der Waals surface area contributed by atoms with E-state index in [1.807, 2.05) is 0 Å². The van der Waals surface area contributed by atoms with E-state index in [9.17, 15) is 23.8 Å². The Morgan fingerprint density at radius 1 is 1.32 bits per heavy atom. The van der Waals surface area contributed by atoms with Crippen LogP contribution < -0.4 is 4.74 Å². The fraction of sp³-hybridized carbons (Fsp3) is 0.591. The third-order valence-electron chi connectivity index (χ3n) is 5.80. The summed E-state index contributed by atoms with van der Waals surface area (Å²) in [6, 6.07) is 3.57. The molecule has 0 radical (unpaired) electrons. The highest BCUT2D eigenvalue weighted by atomic mass is 19.2. The van der Waals surface area contributed by atoms with Crippen LogP contribution in [0.1, 0.15) is 19.3 Å². The molecule has 2 fully saturated rings. The van der Waals surface area contributed by atoms with Gasteiger partial charge in [0.05, 0.1) is 25.4 Å². The molecule has 1 saturated heterocycles. The van der Waals surface area contributed by atoms with Gasteiger partial charge in [-0.3, -0.25) is 0 Å². The minimum absolute atomic E-state index is 0.0597. The fourth-order valence-corrected chi connectivity index (χ4v) is 4.24. The Bertz CT molecular complexity index is 772. The minimum atomic E-state index is -1.11. The van der Waals surface area contributed by atoms with E-state index in [2.05, 4.69) is 0 Å². The van der Waals surface area contributed by atoms with E-state index in [0.717, 1.165) is 18.9 Å². The van der Waals surface area contributed by atoms with Crippen LogP contribution in [-0.4, -0.2) is 66.0 Å². The molecule has 1 saturated carbocycles. The summed E-state index contributed by atoms with van der Waals surface area (Å²) in [6.45, 7) is 0.154. The van der Waals surface area contributed by atoms with Gasteiger partial charge in [-0.05, 0) is 30.9 Å². The molecular formula is C22H28F2O7. The lowest BCUT2D eigenvalue weighted by molar-refractivity contribution is -0.143. The molecule has 1 heterocycles. The molecule has 3 N–H and O–H groups in total. The predicted molar refractivity (Wildman–Crippen MR) is 106 cm³/mol. The Hall–Kier alpha value is -2.07. The number of hydrogen-bond donors (Lipinski definition) is 3. The molecule has 6 atom stereocenters. The molecule has 1 aromatic carbocycles. The van der Waals surface area contributed by atoms with Gasteiger partial charge in [0.2, 0.25) is 5.82 Å². The van der Waals surface area contributed by atoms with Crippen molar-refractivity contribution in [3.63, 3.8) is 0 Å². The van der Waals surface area contributed by atoms with Crippen LogP contribution in [0.3, 0.4) is 0 Å². The van der Waals surface area contributed by atoms with E-state index in [4.69, 9.17) is 19.3 Å². The number of benzene rings is 1. The Morgan fingerprint density at radius 2 is 2.13 bits per heavy atom. The molecule has 2 aliphatic rings. The summed E-state index contributed by atoms with van der Waals surface area (Å²) >= 11 is 0. The molecule has 0 aromatic heterocycles. The van der Waals surface area contributed by atoms with Gasteiger partial charge in [-0.1, -0.05) is 18.2 Å². The quantitative estimate of drug-likeness (QED) is 0.504. The second-order valence-corrected chi connectivity index (χ2v) is 8.08. The van der Waals surface area contributed by atoms with Gasteiger partial charge in [0.25, 0.3) is 0 Å². The third kappa shape index (κ3) is 6.46. The minimum Gasteiger partial charge on any atom is -0.487 e. The van der Waals surface area contributed by atoms with E-state index in [1.165, 1.54) is 18.2 Å². The van der Waals surface area contributed by atoms with E-state index in [-0.39, 0.29) is 42.8 Å². The first-order valence-electron chi connectivity index (χ1n) is 10.4. The van der Waals surface area contributed by atoms with Crippen molar-refractivity contribution in [3.8, 4) is 5.75 Å². The summed E-state index contributed by atoms with van der Waals surface area (Å²) in [5, 5.41) is 29.3. The number of carbonyl (C=O) groups is 1. The molecule has 0 amide bonds. The highest BCUT2D eigenvalue weighted by Crippen LogP contribution is 2.41. The number of aliphatic hydroxyl groups is 2. The van der Waals surface area contributed by atoms with Crippen molar-refractivity contribution in [3.05, 3.63) is 42.0 Å². The summed E-state index contributed by atoms with van der Waals surface area (Å²) in [5.74, 6) is -3.49. The predicted octanol–water partition coefficient (Wildman–Crippen LogP) is 2.15. The number of carboxylic acids is 1. The number of carboxylic acid groups (broad SMARTS) is 1. The molecule has 1 aliphatic carbocycles. The monoisotopic (exact) mass is 442 g/mol. The average Bonchev–Trinajstić information content (AvgIpc) is 2.89. The largest absolute Gasteiger partial charge is 0.487 e. The number of aliphatic carboxylic acids is 1. The molecular weight excluding hydrogens is 414 g/mol. The summed E-state index contributed by atoms with van der Waals surface area (Å²) < 4.78 is 43.1. The van der Waals surface area contributed by atoms with Gasteiger partial charge in [0, 0.05) is 18.3 Å². The second-order valence-electron chi connectivity index (χ2n) is 8.08. The number of rotatable bonds is 9. The maximum absolute atomic E-state index is 13.6. The van der Waals surface area contributed by atoms with Crippen LogP contribution >= 0.6 is 0 Å². The lowest BCUT2D eigenvalue weighted by Gasteiger charge is -2.21. The highest BCUT2D eigenvalue weighted by Gasteiger charge is 2.43. The van der Waals surface area contributed by atoms with Gasteiger partial charge in [0.1, 0.15) is 19.3 Å². The van der Waals surface area contributed by atoms with Crippen LogP contribution in [0.2, 0.25) is 0 Å². The number of hydrogen-bond acceptors (Lipinski definition) is 6. The first kappa shape index (κ1) is 23.6. The van der Waals surface area contributed by atoms with Crippen LogP contribution in [0.4, 0.5) is 8.78 Å². The first-order valence-corrected chi connectivity index (χ1v) is 10.4. The first-order chi connectivity index (χ1) is 14.8. The molecule has 0 unspecified atom stereocenters. The molecule has 3 rings (SSSR count). The van der Waals surface area contributed by atoms with Gasteiger partial charge in [-0.2, -0.15) is 4.39 Å². The van der Waals surface area contributed by atoms with E-state index >= 15 is 0 Å². The Morgan fingerprint density at radius 3 is 2.90 bits per heavy atom. The molecule has 1 aromatic rings. The van der Waals surface area contributed by atoms with Gasteiger partial charge < -0.3 is 29.5 Å². The maximum atomic E-state index is 13.6. The molecule has 7 nitrogen and oxygen atoms in total. The Balaban J connectivity index is 1.51. The molecule has 0 bridgehead atoms. The zero-order valence-electron chi connectivity index (χ0n) is 17.0. The summed E-state index contributed by atoms with van der Waals surface area (Å²) in [5.41, 5.74) is 0. The van der Waals surface area contributed by atoms with Crippen molar-refractivity contribution in [2.24, 2.45) is 17.8 Å². The van der Waals surface area contributed by atoms with E-state index < -0.39 is 29.8 Å². The summed E-state index contributed by atoms with van der Waals surface area (Å²) in [4.78, 5) is 10.6. The van der Waals surface area contributed by atoms with Crippen molar-refractivity contribution < 1.29 is 43.1 Å². The van der Waals surface area contributed by atoms with Crippen molar-refractivity contribution in [1.82, 2.24) is 0 Å². The Kier molecular flexibility index (Phi) is 8.36. The standard InChI is InChI=1S/C22H28F2O7/c23-17-2-1-3-19(22(17)24)31-11-14(25)5-7-15-16-6-4-13(9-29-12-21(27)28)10-30-20(16)8-18(15)26/h1-3,5,7,13-16,18,20,25-26H,4,6,8-12H2,(H,27,28)/t13-,14-,15-,16-,18-,20+/m1/s1. The van der Waals surface area contributed by atoms with Crippen LogP contribution in [0.25, 0.3) is 0 Å². The number of aliphatic hydroxyl groups excluding tert-OH is 2. The van der Waals surface area contributed by atoms with Crippen LogP contribution in [0, 0.1) is 29.4 Å². The van der Waals surface area contributed by atoms with Crippen molar-refractivity contribution >= 4 is 5.97 Å². The average molecular weight is 442 g/mol. The topological polar surface area (TPSA) is 105 Å². The number of halogens is 2. The van der Waals surface area contributed by atoms with Crippen LogP contribution in [-0.2, 0) is 14.3 Å². The smallest absolute Gasteiger partial charge is 0.329 e. The van der Waals surface area contributed by atoms with Gasteiger partial charge in [-0.25, -0.2) is 9.18 Å². The summed E-state index contributed by atoms with van der Waals surface area (Å²) in [7, 11) is 0. The SMILES string of the molecule is O=C(O)COC[C@H]1CC[C@@H]2[C@@H](C=C[C@@H](O)COc3cccc(F)c3F)[C@H](O)C[C@@H]2OC1. The van der Waals surface area contributed by atoms with Gasteiger partial charge >= 0.3 is 5.97 Å². The van der Waals surface area contributed by atoms with Gasteiger partial charge in [0.15, 0.2) is 11.6 Å². The van der Waals surface area contributed by atoms with Crippen LogP contribution in [0.5, 0.6) is 5.75 Å². The zero-order valence-corrected chi connectivity index (χ0v) is 17.0. The third-order valence-corrected chi connectivity index (χ3v) is 5.80. The van der Waals surface area contributed by atoms with Crippen LogP contribution in [0.15, 0.2) is 30.4 Å². The molecule has 0 spiro atoms. The zero-order chi connectivity index (χ0) is 22.4. The van der Waals surface area contributed by atoms with Crippen molar-refractivity contribution in [2.45, 2.75) is 37.6 Å². The number of fused-ring (bicyclic) bond motifs is 1. The normalized spacial score (nSPS) is 29.5. The van der Waals surface area contributed by atoms with E-state index in [1.54, 1.807) is 6.08 Å². The Labute approximate surface area is 179 Å². The number of ether oxygens (including phenoxy) is 3. The summed E-state index contributed by atoms with van der Waals surface area (Å²) in [6.07, 6.45) is 3.47. The molecule has 9 heteroatoms. The van der Waals surface area contributed by atoms with Crippen molar-refractivity contribution in [2.75, 3.05) is 26.4 Å². The molecule has 31 heavy (non-hydrogen) atoms.